The Morgan fingerprint density at radius 2 is 2.24 bits per heavy atom. The summed E-state index contributed by atoms with van der Waals surface area (Å²) in [5.41, 5.74) is 0.801. The van der Waals surface area contributed by atoms with Crippen LogP contribution < -0.4 is 5.32 Å². The SMILES string of the molecule is CSCCCCNc1nccn2c(C)nnc12. The Bertz CT molecular complexity index is 482. The van der Waals surface area contributed by atoms with Crippen LogP contribution in [0.25, 0.3) is 5.65 Å². The quantitative estimate of drug-likeness (QED) is 0.796. The summed E-state index contributed by atoms with van der Waals surface area (Å²) >= 11 is 1.88. The molecule has 0 amide bonds. The molecule has 0 atom stereocenters. The van der Waals surface area contributed by atoms with Crippen LogP contribution in [-0.4, -0.2) is 38.1 Å². The number of nitrogens with zero attached hydrogens (tertiary/aromatic N) is 4. The van der Waals surface area contributed by atoms with Crippen molar-refractivity contribution < 1.29 is 0 Å². The lowest BCUT2D eigenvalue weighted by Crippen LogP contribution is -2.05. The molecule has 2 aromatic rings. The monoisotopic (exact) mass is 251 g/mol. The maximum absolute atomic E-state index is 4.30. The number of aryl methyl sites for hydroxylation is 1. The molecule has 2 heterocycles. The first-order chi connectivity index (χ1) is 8.33. The van der Waals surface area contributed by atoms with Gasteiger partial charge in [0, 0.05) is 18.9 Å². The molecule has 1 N–H and O–H groups in total. The topological polar surface area (TPSA) is 55.1 Å². The van der Waals surface area contributed by atoms with Crippen molar-refractivity contribution in [2.45, 2.75) is 19.8 Å². The van der Waals surface area contributed by atoms with E-state index in [2.05, 4.69) is 26.8 Å². The van der Waals surface area contributed by atoms with E-state index < -0.39 is 0 Å². The van der Waals surface area contributed by atoms with Gasteiger partial charge in [0.05, 0.1) is 0 Å². The van der Waals surface area contributed by atoms with E-state index in [1.807, 2.05) is 29.3 Å². The number of aromatic nitrogens is 4. The number of hydrogen-bond acceptors (Lipinski definition) is 5. The average molecular weight is 251 g/mol. The van der Waals surface area contributed by atoms with Crippen molar-refractivity contribution in [3.8, 4) is 0 Å². The van der Waals surface area contributed by atoms with E-state index in [0.717, 1.165) is 30.3 Å². The Balaban J connectivity index is 1.99. The normalized spacial score (nSPS) is 10.9. The van der Waals surface area contributed by atoms with Crippen LogP contribution in [0.3, 0.4) is 0 Å². The fourth-order valence-corrected chi connectivity index (χ4v) is 2.14. The van der Waals surface area contributed by atoms with Crippen LogP contribution in [0.4, 0.5) is 5.82 Å². The predicted octanol–water partition coefficient (Wildman–Crippen LogP) is 1.99. The summed E-state index contributed by atoms with van der Waals surface area (Å²) < 4.78 is 1.94. The van der Waals surface area contributed by atoms with E-state index in [0.29, 0.717) is 0 Å². The molecule has 0 aliphatic heterocycles. The number of fused-ring (bicyclic) bond motifs is 1. The Morgan fingerprint density at radius 1 is 1.35 bits per heavy atom. The summed E-state index contributed by atoms with van der Waals surface area (Å²) in [6.07, 6.45) is 8.16. The minimum Gasteiger partial charge on any atom is -0.367 e. The Morgan fingerprint density at radius 3 is 3.06 bits per heavy atom. The minimum absolute atomic E-state index is 0.801. The summed E-state index contributed by atoms with van der Waals surface area (Å²) in [5.74, 6) is 2.91. The number of nitrogens with one attached hydrogen (secondary N) is 1. The largest absolute Gasteiger partial charge is 0.367 e. The molecule has 0 unspecified atom stereocenters. The molecule has 0 aromatic carbocycles. The summed E-state index contributed by atoms with van der Waals surface area (Å²) in [4.78, 5) is 4.30. The molecule has 5 nitrogen and oxygen atoms in total. The van der Waals surface area contributed by atoms with E-state index in [1.165, 1.54) is 12.2 Å². The van der Waals surface area contributed by atoms with Gasteiger partial charge in [0.15, 0.2) is 5.82 Å². The van der Waals surface area contributed by atoms with E-state index in [1.54, 1.807) is 6.20 Å². The summed E-state index contributed by atoms with van der Waals surface area (Å²) in [5, 5.41) is 11.5. The van der Waals surface area contributed by atoms with Crippen molar-refractivity contribution in [2.75, 3.05) is 23.9 Å². The second-order valence-corrected chi connectivity index (χ2v) is 4.83. The molecular formula is C11H17N5S. The van der Waals surface area contributed by atoms with Gasteiger partial charge in [-0.1, -0.05) is 0 Å². The van der Waals surface area contributed by atoms with Gasteiger partial charge in [-0.15, -0.1) is 10.2 Å². The maximum Gasteiger partial charge on any atom is 0.203 e. The molecule has 92 valence electrons. The first-order valence-electron chi connectivity index (χ1n) is 5.72. The zero-order valence-electron chi connectivity index (χ0n) is 10.2. The van der Waals surface area contributed by atoms with Crippen molar-refractivity contribution in [2.24, 2.45) is 0 Å². The highest BCUT2D eigenvalue weighted by atomic mass is 32.2. The van der Waals surface area contributed by atoms with E-state index in [-0.39, 0.29) is 0 Å². The number of anilines is 1. The molecular weight excluding hydrogens is 234 g/mol. The Labute approximate surface area is 105 Å². The molecule has 0 spiro atoms. The number of rotatable bonds is 6. The van der Waals surface area contributed by atoms with Crippen LogP contribution in [0, 0.1) is 6.92 Å². The van der Waals surface area contributed by atoms with Crippen molar-refractivity contribution in [1.29, 1.82) is 0 Å². The lowest BCUT2D eigenvalue weighted by Gasteiger charge is -2.05. The van der Waals surface area contributed by atoms with Crippen LogP contribution >= 0.6 is 11.8 Å². The first-order valence-corrected chi connectivity index (χ1v) is 7.11. The van der Waals surface area contributed by atoms with Crippen LogP contribution in [0.15, 0.2) is 12.4 Å². The van der Waals surface area contributed by atoms with Gasteiger partial charge >= 0.3 is 0 Å². The predicted molar refractivity (Wildman–Crippen MR) is 71.6 cm³/mol. The number of thioether (sulfide) groups is 1. The van der Waals surface area contributed by atoms with Gasteiger partial charge in [0.25, 0.3) is 0 Å². The van der Waals surface area contributed by atoms with Crippen molar-refractivity contribution in [3.63, 3.8) is 0 Å². The van der Waals surface area contributed by atoms with Crippen LogP contribution in [0.2, 0.25) is 0 Å². The third-order valence-corrected chi connectivity index (χ3v) is 3.26. The first kappa shape index (κ1) is 12.2. The molecule has 2 rings (SSSR count). The minimum atomic E-state index is 0.801. The van der Waals surface area contributed by atoms with Crippen LogP contribution in [0.5, 0.6) is 0 Å². The zero-order valence-corrected chi connectivity index (χ0v) is 11.0. The van der Waals surface area contributed by atoms with Crippen molar-refractivity contribution >= 4 is 23.2 Å². The van der Waals surface area contributed by atoms with Crippen LogP contribution in [0.1, 0.15) is 18.7 Å². The number of unbranched alkanes of at least 4 members (excludes halogenated alkanes) is 1. The van der Waals surface area contributed by atoms with Crippen LogP contribution in [-0.2, 0) is 0 Å². The van der Waals surface area contributed by atoms with E-state index in [9.17, 15) is 0 Å². The average Bonchev–Trinajstić information content (AvgIpc) is 2.72. The molecule has 0 radical (unpaired) electrons. The van der Waals surface area contributed by atoms with E-state index >= 15 is 0 Å². The molecule has 0 saturated carbocycles. The van der Waals surface area contributed by atoms with Crippen molar-refractivity contribution in [1.82, 2.24) is 19.6 Å². The third-order valence-electron chi connectivity index (χ3n) is 2.57. The highest BCUT2D eigenvalue weighted by Crippen LogP contribution is 2.12. The summed E-state index contributed by atoms with van der Waals surface area (Å²) in [7, 11) is 0. The second kappa shape index (κ2) is 5.86. The van der Waals surface area contributed by atoms with Gasteiger partial charge in [-0.3, -0.25) is 4.40 Å². The van der Waals surface area contributed by atoms with Gasteiger partial charge in [0.2, 0.25) is 5.65 Å². The Kier molecular flexibility index (Phi) is 4.19. The molecule has 0 bridgehead atoms. The number of hydrogen-bond donors (Lipinski definition) is 1. The fraction of sp³-hybridized carbons (Fsp3) is 0.545. The molecule has 6 heteroatoms. The molecule has 0 aliphatic carbocycles. The highest BCUT2D eigenvalue weighted by Gasteiger charge is 2.06. The Hall–Kier alpha value is -1.30. The molecule has 0 fully saturated rings. The third kappa shape index (κ3) is 2.88. The van der Waals surface area contributed by atoms with Crippen molar-refractivity contribution in [3.05, 3.63) is 18.2 Å². The smallest absolute Gasteiger partial charge is 0.203 e. The van der Waals surface area contributed by atoms with Gasteiger partial charge < -0.3 is 5.32 Å². The summed E-state index contributed by atoms with van der Waals surface area (Å²) in [6.45, 7) is 2.86. The lowest BCUT2D eigenvalue weighted by atomic mass is 10.3. The van der Waals surface area contributed by atoms with Gasteiger partial charge in [-0.2, -0.15) is 11.8 Å². The second-order valence-electron chi connectivity index (χ2n) is 3.84. The summed E-state index contributed by atoms with van der Waals surface area (Å²) in [6, 6.07) is 0. The molecule has 0 aliphatic rings. The van der Waals surface area contributed by atoms with Gasteiger partial charge in [0.1, 0.15) is 5.82 Å². The highest BCUT2D eigenvalue weighted by molar-refractivity contribution is 7.98. The van der Waals surface area contributed by atoms with Gasteiger partial charge in [-0.05, 0) is 31.8 Å². The maximum atomic E-state index is 4.30. The van der Waals surface area contributed by atoms with E-state index in [4.69, 9.17) is 0 Å². The lowest BCUT2D eigenvalue weighted by molar-refractivity contribution is 0.839. The molecule has 2 aromatic heterocycles. The molecule has 17 heavy (non-hydrogen) atoms. The fourth-order valence-electron chi connectivity index (χ4n) is 1.64. The van der Waals surface area contributed by atoms with Gasteiger partial charge in [-0.25, -0.2) is 4.98 Å². The molecule has 0 saturated heterocycles. The standard InChI is InChI=1S/C11H17N5S/c1-9-14-15-11-10(13-6-7-16(9)11)12-5-3-4-8-17-2/h6-7H,3-5,8H2,1-2H3,(H,12,13). The zero-order chi connectivity index (χ0) is 12.1.